The SMILES string of the molecule is Cc1cccc2c(=O)[nH]c(CSc3nccn3Cc3ccccc3)nc12. The van der Waals surface area contributed by atoms with Gasteiger partial charge in [0.2, 0.25) is 0 Å². The van der Waals surface area contributed by atoms with Crippen LogP contribution in [0.4, 0.5) is 0 Å². The second kappa shape index (κ2) is 7.17. The van der Waals surface area contributed by atoms with Gasteiger partial charge in [-0.2, -0.15) is 0 Å². The van der Waals surface area contributed by atoms with Gasteiger partial charge < -0.3 is 9.55 Å². The quantitative estimate of drug-likeness (QED) is 0.549. The topological polar surface area (TPSA) is 63.6 Å². The van der Waals surface area contributed by atoms with Crippen LogP contribution in [-0.4, -0.2) is 19.5 Å². The lowest BCUT2D eigenvalue weighted by molar-refractivity contribution is 0.708. The van der Waals surface area contributed by atoms with Crippen LogP contribution in [0.15, 0.2) is 70.9 Å². The van der Waals surface area contributed by atoms with Crippen LogP contribution < -0.4 is 5.56 Å². The smallest absolute Gasteiger partial charge is 0.258 e. The summed E-state index contributed by atoms with van der Waals surface area (Å²) in [5, 5.41) is 1.53. The van der Waals surface area contributed by atoms with Crippen molar-refractivity contribution in [1.29, 1.82) is 0 Å². The molecule has 2 aromatic heterocycles. The number of para-hydroxylation sites is 1. The molecule has 130 valence electrons. The second-order valence-corrected chi connectivity index (χ2v) is 7.04. The number of benzene rings is 2. The Morgan fingerprint density at radius 1 is 1.12 bits per heavy atom. The number of nitrogens with one attached hydrogen (secondary N) is 1. The molecule has 4 aromatic rings. The van der Waals surface area contributed by atoms with Gasteiger partial charge in [-0.15, -0.1) is 0 Å². The number of aromatic nitrogens is 4. The highest BCUT2D eigenvalue weighted by molar-refractivity contribution is 7.98. The molecule has 0 spiro atoms. The molecule has 0 saturated carbocycles. The highest BCUT2D eigenvalue weighted by atomic mass is 32.2. The Balaban J connectivity index is 1.55. The molecule has 0 bridgehead atoms. The summed E-state index contributed by atoms with van der Waals surface area (Å²) >= 11 is 1.57. The van der Waals surface area contributed by atoms with Crippen molar-refractivity contribution < 1.29 is 0 Å². The fraction of sp³-hybridized carbons (Fsp3) is 0.150. The van der Waals surface area contributed by atoms with Crippen molar-refractivity contribution in [1.82, 2.24) is 19.5 Å². The van der Waals surface area contributed by atoms with Crippen LogP contribution in [0.2, 0.25) is 0 Å². The van der Waals surface area contributed by atoms with E-state index < -0.39 is 0 Å². The van der Waals surface area contributed by atoms with E-state index in [-0.39, 0.29) is 5.56 Å². The van der Waals surface area contributed by atoms with Crippen LogP contribution in [0.1, 0.15) is 17.0 Å². The summed E-state index contributed by atoms with van der Waals surface area (Å²) in [6.45, 7) is 2.74. The van der Waals surface area contributed by atoms with Gasteiger partial charge in [0.15, 0.2) is 5.16 Å². The van der Waals surface area contributed by atoms with Gasteiger partial charge >= 0.3 is 0 Å². The zero-order valence-corrected chi connectivity index (χ0v) is 15.2. The summed E-state index contributed by atoms with van der Waals surface area (Å²) in [6, 6.07) is 15.9. The van der Waals surface area contributed by atoms with Crippen molar-refractivity contribution in [2.24, 2.45) is 0 Å². The summed E-state index contributed by atoms with van der Waals surface area (Å²) in [5.74, 6) is 1.22. The van der Waals surface area contributed by atoms with Gasteiger partial charge in [-0.05, 0) is 24.1 Å². The summed E-state index contributed by atoms with van der Waals surface area (Å²) in [5.41, 5.74) is 2.90. The number of fused-ring (bicyclic) bond motifs is 1. The van der Waals surface area contributed by atoms with Crippen LogP contribution in [-0.2, 0) is 12.3 Å². The third kappa shape index (κ3) is 3.41. The van der Waals surface area contributed by atoms with E-state index in [9.17, 15) is 4.79 Å². The van der Waals surface area contributed by atoms with Gasteiger partial charge in [0.1, 0.15) is 5.82 Å². The van der Waals surface area contributed by atoms with E-state index in [1.807, 2.05) is 43.5 Å². The highest BCUT2D eigenvalue weighted by Crippen LogP contribution is 2.21. The van der Waals surface area contributed by atoms with Crippen LogP contribution in [0.3, 0.4) is 0 Å². The number of hydrogen-bond donors (Lipinski definition) is 1. The van der Waals surface area contributed by atoms with E-state index in [1.54, 1.807) is 24.0 Å². The van der Waals surface area contributed by atoms with Crippen LogP contribution in [0.5, 0.6) is 0 Å². The maximum atomic E-state index is 12.3. The van der Waals surface area contributed by atoms with Crippen molar-refractivity contribution in [3.05, 3.63) is 88.2 Å². The lowest BCUT2D eigenvalue weighted by Crippen LogP contribution is -2.12. The van der Waals surface area contributed by atoms with Gasteiger partial charge in [-0.25, -0.2) is 9.97 Å². The van der Waals surface area contributed by atoms with E-state index in [0.717, 1.165) is 22.8 Å². The van der Waals surface area contributed by atoms with E-state index in [1.165, 1.54) is 5.56 Å². The molecule has 0 amide bonds. The lowest BCUT2D eigenvalue weighted by Gasteiger charge is -2.08. The zero-order chi connectivity index (χ0) is 17.9. The Hall–Kier alpha value is -2.86. The number of rotatable bonds is 5. The van der Waals surface area contributed by atoms with Crippen molar-refractivity contribution >= 4 is 22.7 Å². The van der Waals surface area contributed by atoms with Gasteiger partial charge in [0.05, 0.1) is 16.7 Å². The molecule has 26 heavy (non-hydrogen) atoms. The summed E-state index contributed by atoms with van der Waals surface area (Å²) in [4.78, 5) is 24.3. The molecule has 2 heterocycles. The molecule has 6 heteroatoms. The molecule has 0 radical (unpaired) electrons. The maximum Gasteiger partial charge on any atom is 0.258 e. The Labute approximate surface area is 155 Å². The second-order valence-electron chi connectivity index (χ2n) is 6.10. The van der Waals surface area contributed by atoms with Crippen LogP contribution in [0.25, 0.3) is 10.9 Å². The maximum absolute atomic E-state index is 12.3. The van der Waals surface area contributed by atoms with Crippen LogP contribution in [0, 0.1) is 6.92 Å². The highest BCUT2D eigenvalue weighted by Gasteiger charge is 2.09. The molecule has 0 saturated heterocycles. The van der Waals surface area contributed by atoms with Crippen molar-refractivity contribution in [3.63, 3.8) is 0 Å². The molecule has 0 aliphatic rings. The molecule has 2 aromatic carbocycles. The number of imidazole rings is 1. The number of nitrogens with zero attached hydrogens (tertiary/aromatic N) is 3. The summed E-state index contributed by atoms with van der Waals surface area (Å²) in [6.07, 6.45) is 3.77. The number of H-pyrrole nitrogens is 1. The van der Waals surface area contributed by atoms with Crippen molar-refractivity contribution in [2.45, 2.75) is 24.4 Å². The number of hydrogen-bond acceptors (Lipinski definition) is 4. The molecular formula is C20H18N4OS. The third-order valence-corrected chi connectivity index (χ3v) is 5.21. The fourth-order valence-corrected chi connectivity index (χ4v) is 3.72. The predicted octanol–water partition coefficient (Wildman–Crippen LogP) is 3.77. The van der Waals surface area contributed by atoms with Crippen molar-refractivity contribution in [2.75, 3.05) is 0 Å². The minimum absolute atomic E-state index is 0.0954. The van der Waals surface area contributed by atoms with E-state index in [0.29, 0.717) is 17.0 Å². The Morgan fingerprint density at radius 2 is 1.96 bits per heavy atom. The Bertz CT molecular complexity index is 1100. The molecular weight excluding hydrogens is 344 g/mol. The van der Waals surface area contributed by atoms with Crippen LogP contribution >= 0.6 is 11.8 Å². The first-order valence-corrected chi connectivity index (χ1v) is 9.35. The monoisotopic (exact) mass is 362 g/mol. The molecule has 0 aliphatic carbocycles. The van der Waals surface area contributed by atoms with Crippen molar-refractivity contribution in [3.8, 4) is 0 Å². The number of thioether (sulfide) groups is 1. The van der Waals surface area contributed by atoms with Gasteiger partial charge in [0, 0.05) is 18.9 Å². The average Bonchev–Trinajstić information content (AvgIpc) is 3.09. The lowest BCUT2D eigenvalue weighted by atomic mass is 10.1. The Morgan fingerprint density at radius 3 is 2.81 bits per heavy atom. The number of aromatic amines is 1. The van der Waals surface area contributed by atoms with E-state index in [4.69, 9.17) is 0 Å². The molecule has 0 atom stereocenters. The Kier molecular flexibility index (Phi) is 4.58. The third-order valence-electron chi connectivity index (χ3n) is 4.20. The van der Waals surface area contributed by atoms with Gasteiger partial charge in [0.25, 0.3) is 5.56 Å². The van der Waals surface area contributed by atoms with E-state index in [2.05, 4.69) is 31.7 Å². The standard InChI is InChI=1S/C20H18N4OS/c1-14-6-5-9-16-18(14)22-17(23-19(16)25)13-26-20-21-10-11-24(20)12-15-7-3-2-4-8-15/h2-11H,12-13H2,1H3,(H,22,23,25). The van der Waals surface area contributed by atoms with E-state index >= 15 is 0 Å². The summed E-state index contributed by atoms with van der Waals surface area (Å²) < 4.78 is 2.10. The normalized spacial score (nSPS) is 11.1. The molecule has 1 N–H and O–H groups in total. The number of aryl methyl sites for hydroxylation is 1. The minimum atomic E-state index is -0.0954. The first-order valence-electron chi connectivity index (χ1n) is 8.37. The molecule has 0 aliphatic heterocycles. The molecule has 0 unspecified atom stereocenters. The summed E-state index contributed by atoms with van der Waals surface area (Å²) in [7, 11) is 0. The van der Waals surface area contributed by atoms with Gasteiger partial charge in [-0.3, -0.25) is 4.79 Å². The largest absolute Gasteiger partial charge is 0.322 e. The fourth-order valence-electron chi connectivity index (χ4n) is 2.89. The molecule has 5 nitrogen and oxygen atoms in total. The first-order chi connectivity index (χ1) is 12.7. The average molecular weight is 362 g/mol. The zero-order valence-electron chi connectivity index (χ0n) is 14.3. The minimum Gasteiger partial charge on any atom is -0.322 e. The predicted molar refractivity (Wildman–Crippen MR) is 104 cm³/mol. The van der Waals surface area contributed by atoms with Gasteiger partial charge in [-0.1, -0.05) is 54.2 Å². The molecule has 0 fully saturated rings. The first kappa shape index (κ1) is 16.6. The molecule has 4 rings (SSSR count).